The van der Waals surface area contributed by atoms with Crippen molar-refractivity contribution in [3.05, 3.63) is 0 Å². The van der Waals surface area contributed by atoms with Gasteiger partial charge in [-0.15, -0.1) is 0 Å². The van der Waals surface area contributed by atoms with Gasteiger partial charge in [0.05, 0.1) is 0 Å². The van der Waals surface area contributed by atoms with Crippen molar-refractivity contribution >= 4 is 30.1 Å². The van der Waals surface area contributed by atoms with E-state index in [0.717, 1.165) is 0 Å². The van der Waals surface area contributed by atoms with Gasteiger partial charge < -0.3 is 0 Å². The molecule has 0 aromatic rings. The molecule has 3 radical (unpaired) electrons. The van der Waals surface area contributed by atoms with Crippen molar-refractivity contribution in [3.63, 3.8) is 0 Å². The second-order valence-corrected chi connectivity index (χ2v) is 7.20. The molecule has 0 saturated heterocycles. The molecule has 0 unspecified atom stereocenters. The molecule has 0 atom stereocenters. The molecular formula is C12H25SSn. The Morgan fingerprint density at radius 3 is 1.57 bits per heavy atom. The Balaban J connectivity index is 2.78. The molecule has 0 nitrogen and oxygen atoms in total. The monoisotopic (exact) mass is 321 g/mol. The minimum atomic E-state index is 1.37. The van der Waals surface area contributed by atoms with Crippen LogP contribution in [0.4, 0.5) is 0 Å². The molecule has 0 fully saturated rings. The van der Waals surface area contributed by atoms with E-state index in [1.54, 1.807) is 21.1 Å². The molecule has 0 aromatic carbocycles. The molecule has 0 spiro atoms. The molecule has 0 N–H and O–H groups in total. The van der Waals surface area contributed by atoms with Crippen LogP contribution in [0.25, 0.3) is 0 Å². The third-order valence-corrected chi connectivity index (χ3v) is 4.84. The molecule has 0 amide bonds. The van der Waals surface area contributed by atoms with Crippen LogP contribution in [0, 0.1) is 0 Å². The van der Waals surface area contributed by atoms with Crippen LogP contribution in [0.1, 0.15) is 71.1 Å². The summed E-state index contributed by atoms with van der Waals surface area (Å²) >= 11 is 1.63. The van der Waals surface area contributed by atoms with E-state index in [1.165, 1.54) is 70.0 Å². The molecule has 0 aliphatic heterocycles. The molecular weight excluding hydrogens is 295 g/mol. The Bertz CT molecular complexity index is 84.3. The summed E-state index contributed by atoms with van der Waals surface area (Å²) < 4.78 is 0. The van der Waals surface area contributed by atoms with Gasteiger partial charge >= 0.3 is 100 Å². The normalized spacial score (nSPS) is 10.7. The molecule has 0 heterocycles. The van der Waals surface area contributed by atoms with Gasteiger partial charge in [-0.1, -0.05) is 6.92 Å². The van der Waals surface area contributed by atoms with Crippen LogP contribution in [0.15, 0.2) is 0 Å². The van der Waals surface area contributed by atoms with Gasteiger partial charge in [0.1, 0.15) is 0 Å². The quantitative estimate of drug-likeness (QED) is 0.392. The Morgan fingerprint density at radius 1 is 0.714 bits per heavy atom. The first kappa shape index (κ1) is 15.1. The SMILES string of the molecule is CCCCCCCCCCCC[S][Sn]. The van der Waals surface area contributed by atoms with Gasteiger partial charge in [0.2, 0.25) is 0 Å². The van der Waals surface area contributed by atoms with Crippen LogP contribution in [0.5, 0.6) is 0 Å². The molecule has 0 aliphatic rings. The topological polar surface area (TPSA) is 0 Å². The first-order valence-electron chi connectivity index (χ1n) is 6.20. The van der Waals surface area contributed by atoms with Crippen LogP contribution in [-0.2, 0) is 0 Å². The van der Waals surface area contributed by atoms with E-state index in [9.17, 15) is 0 Å². The van der Waals surface area contributed by atoms with Gasteiger partial charge in [0, 0.05) is 0 Å². The van der Waals surface area contributed by atoms with Crippen LogP contribution in [0.2, 0.25) is 0 Å². The summed E-state index contributed by atoms with van der Waals surface area (Å²) in [5.41, 5.74) is 0. The van der Waals surface area contributed by atoms with E-state index in [0.29, 0.717) is 0 Å². The van der Waals surface area contributed by atoms with Gasteiger partial charge in [-0.25, -0.2) is 0 Å². The first-order valence-corrected chi connectivity index (χ1v) is 10.7. The second kappa shape index (κ2) is 14.1. The van der Waals surface area contributed by atoms with Crippen molar-refractivity contribution in [2.45, 2.75) is 71.1 Å². The summed E-state index contributed by atoms with van der Waals surface area (Å²) in [6, 6.07) is 0. The van der Waals surface area contributed by atoms with E-state index >= 15 is 0 Å². The maximum atomic E-state index is 2.29. The van der Waals surface area contributed by atoms with E-state index in [2.05, 4.69) is 15.9 Å². The van der Waals surface area contributed by atoms with Crippen molar-refractivity contribution in [2.24, 2.45) is 0 Å². The summed E-state index contributed by atoms with van der Waals surface area (Å²) in [7, 11) is 2.07. The Kier molecular flexibility index (Phi) is 15.3. The molecule has 2 heteroatoms. The van der Waals surface area contributed by atoms with Crippen molar-refractivity contribution in [3.8, 4) is 0 Å². The predicted octanol–water partition coefficient (Wildman–Crippen LogP) is 4.72. The average molecular weight is 320 g/mol. The van der Waals surface area contributed by atoms with Crippen molar-refractivity contribution < 1.29 is 0 Å². The Labute approximate surface area is 107 Å². The van der Waals surface area contributed by atoms with E-state index in [1.807, 2.05) is 0 Å². The Morgan fingerprint density at radius 2 is 1.14 bits per heavy atom. The fraction of sp³-hybridized carbons (Fsp3) is 1.00. The van der Waals surface area contributed by atoms with Gasteiger partial charge in [-0.3, -0.25) is 0 Å². The van der Waals surface area contributed by atoms with Crippen molar-refractivity contribution in [2.75, 3.05) is 5.75 Å². The number of unbranched alkanes of at least 4 members (excludes halogenated alkanes) is 9. The van der Waals surface area contributed by atoms with Crippen LogP contribution >= 0.6 is 8.95 Å². The van der Waals surface area contributed by atoms with Crippen LogP contribution < -0.4 is 0 Å². The Hall–Kier alpha value is 1.15. The van der Waals surface area contributed by atoms with Crippen molar-refractivity contribution in [1.82, 2.24) is 0 Å². The third kappa shape index (κ3) is 13.1. The summed E-state index contributed by atoms with van der Waals surface area (Å²) in [6.07, 6.45) is 14.6. The van der Waals surface area contributed by atoms with E-state index in [-0.39, 0.29) is 0 Å². The number of hydrogen-bond acceptors (Lipinski definition) is 1. The first-order chi connectivity index (χ1) is 6.91. The minimum absolute atomic E-state index is 1.37. The standard InChI is InChI=1S/C12H26S.Sn/c1-2-3-4-5-6-7-8-9-10-11-12-13;/h13H,2-12H2,1H3;/q;+1/p-1. The molecule has 0 aliphatic carbocycles. The second-order valence-electron chi connectivity index (χ2n) is 4.03. The summed E-state index contributed by atoms with van der Waals surface area (Å²) in [6.45, 7) is 2.29. The van der Waals surface area contributed by atoms with Gasteiger partial charge in [-0.05, 0) is 0 Å². The summed E-state index contributed by atoms with van der Waals surface area (Å²) in [4.78, 5) is 0. The summed E-state index contributed by atoms with van der Waals surface area (Å²) in [5.74, 6) is 1.40. The zero-order valence-corrected chi connectivity index (χ0v) is 13.4. The van der Waals surface area contributed by atoms with E-state index in [4.69, 9.17) is 0 Å². The predicted molar refractivity (Wildman–Crippen MR) is 70.1 cm³/mol. The zero-order valence-electron chi connectivity index (χ0n) is 9.69. The fourth-order valence-corrected chi connectivity index (χ4v) is 3.25. The number of hydrogen-bond donors (Lipinski definition) is 0. The fourth-order valence-electron chi connectivity index (χ4n) is 1.66. The van der Waals surface area contributed by atoms with Gasteiger partial charge in [-0.2, -0.15) is 0 Å². The maximum absolute atomic E-state index is 2.29. The molecule has 14 heavy (non-hydrogen) atoms. The zero-order chi connectivity index (χ0) is 10.5. The third-order valence-electron chi connectivity index (χ3n) is 2.60. The van der Waals surface area contributed by atoms with Crippen molar-refractivity contribution in [1.29, 1.82) is 0 Å². The molecule has 0 rings (SSSR count). The average Bonchev–Trinajstić information content (AvgIpc) is 2.21. The van der Waals surface area contributed by atoms with E-state index < -0.39 is 0 Å². The molecule has 0 aromatic heterocycles. The number of rotatable bonds is 11. The van der Waals surface area contributed by atoms with Crippen LogP contribution in [-0.4, -0.2) is 26.9 Å². The van der Waals surface area contributed by atoms with Gasteiger partial charge in [0.25, 0.3) is 0 Å². The molecule has 0 bridgehead atoms. The molecule has 83 valence electrons. The van der Waals surface area contributed by atoms with Crippen LogP contribution in [0.3, 0.4) is 0 Å². The summed E-state index contributed by atoms with van der Waals surface area (Å²) in [5, 5.41) is 0. The molecule has 0 saturated carbocycles. The van der Waals surface area contributed by atoms with Gasteiger partial charge in [0.15, 0.2) is 0 Å².